The van der Waals surface area contributed by atoms with Gasteiger partial charge in [-0.2, -0.15) is 0 Å². The smallest absolute Gasteiger partial charge is 0.215 e. The summed E-state index contributed by atoms with van der Waals surface area (Å²) in [6.07, 6.45) is 4.15. The van der Waals surface area contributed by atoms with Crippen molar-refractivity contribution in [2.75, 3.05) is 6.54 Å². The lowest BCUT2D eigenvalue weighted by Gasteiger charge is -2.07. The lowest BCUT2D eigenvalue weighted by molar-refractivity contribution is 0.565. The standard InChI is InChI=1S/C12H16N6S/c1-2-13-8-9-4-3-7-14-11(9)19-12-15-16-17-18(12)10-5-6-10/h3-4,7,10,13H,2,5-6,8H2,1H3. The molecule has 1 aliphatic carbocycles. The van der Waals surface area contributed by atoms with Crippen LogP contribution in [0.1, 0.15) is 31.4 Å². The molecular formula is C12H16N6S. The summed E-state index contributed by atoms with van der Waals surface area (Å²) in [4.78, 5) is 4.44. The normalized spacial score (nSPS) is 14.8. The van der Waals surface area contributed by atoms with Crippen molar-refractivity contribution in [1.29, 1.82) is 0 Å². The van der Waals surface area contributed by atoms with Crippen LogP contribution in [0.15, 0.2) is 28.5 Å². The second-order valence-corrected chi connectivity index (χ2v) is 5.44. The fourth-order valence-electron chi connectivity index (χ4n) is 1.80. The highest BCUT2D eigenvalue weighted by Gasteiger charge is 2.28. The topological polar surface area (TPSA) is 68.5 Å². The summed E-state index contributed by atoms with van der Waals surface area (Å²) < 4.78 is 1.91. The van der Waals surface area contributed by atoms with E-state index in [-0.39, 0.29) is 0 Å². The molecule has 0 unspecified atom stereocenters. The average Bonchev–Trinajstić information content (AvgIpc) is 3.18. The minimum atomic E-state index is 0.485. The van der Waals surface area contributed by atoms with E-state index in [4.69, 9.17) is 0 Å². The molecule has 2 heterocycles. The molecule has 0 aromatic carbocycles. The van der Waals surface area contributed by atoms with E-state index in [9.17, 15) is 0 Å². The summed E-state index contributed by atoms with van der Waals surface area (Å²) >= 11 is 1.54. The zero-order chi connectivity index (χ0) is 13.1. The van der Waals surface area contributed by atoms with E-state index in [0.717, 1.165) is 23.3 Å². The third kappa shape index (κ3) is 2.93. The van der Waals surface area contributed by atoms with Crippen molar-refractivity contribution in [3.63, 3.8) is 0 Å². The maximum absolute atomic E-state index is 4.44. The van der Waals surface area contributed by atoms with Crippen LogP contribution in [-0.2, 0) is 6.54 Å². The van der Waals surface area contributed by atoms with Gasteiger partial charge in [0, 0.05) is 12.7 Å². The Labute approximate surface area is 116 Å². The summed E-state index contributed by atoms with van der Waals surface area (Å²) in [5.74, 6) is 0. The van der Waals surface area contributed by atoms with Gasteiger partial charge >= 0.3 is 0 Å². The molecule has 0 amide bonds. The van der Waals surface area contributed by atoms with Crippen LogP contribution in [0, 0.1) is 0 Å². The maximum atomic E-state index is 4.44. The molecule has 0 spiro atoms. The van der Waals surface area contributed by atoms with Gasteiger partial charge in [-0.15, -0.1) is 5.10 Å². The van der Waals surface area contributed by atoms with Gasteiger partial charge in [-0.1, -0.05) is 13.0 Å². The van der Waals surface area contributed by atoms with Crippen molar-refractivity contribution in [2.24, 2.45) is 0 Å². The first kappa shape index (κ1) is 12.6. The second kappa shape index (κ2) is 5.66. The van der Waals surface area contributed by atoms with E-state index in [0.29, 0.717) is 6.04 Å². The van der Waals surface area contributed by atoms with Crippen LogP contribution >= 0.6 is 11.8 Å². The quantitative estimate of drug-likeness (QED) is 0.865. The van der Waals surface area contributed by atoms with Crippen molar-refractivity contribution in [2.45, 2.75) is 42.5 Å². The number of aromatic nitrogens is 5. The zero-order valence-electron chi connectivity index (χ0n) is 10.8. The maximum Gasteiger partial charge on any atom is 0.215 e. The molecule has 0 saturated heterocycles. The SMILES string of the molecule is CCNCc1cccnc1Sc1nnnn1C1CC1. The molecular weight excluding hydrogens is 260 g/mol. The summed E-state index contributed by atoms with van der Waals surface area (Å²) in [7, 11) is 0. The Balaban J connectivity index is 1.80. The van der Waals surface area contributed by atoms with Gasteiger partial charge in [-0.25, -0.2) is 9.67 Å². The lowest BCUT2D eigenvalue weighted by atomic mass is 10.3. The highest BCUT2D eigenvalue weighted by molar-refractivity contribution is 7.99. The van der Waals surface area contributed by atoms with Gasteiger partial charge in [-0.05, 0) is 53.2 Å². The fraction of sp³-hybridized carbons (Fsp3) is 0.500. The van der Waals surface area contributed by atoms with E-state index >= 15 is 0 Å². The molecule has 6 nitrogen and oxygen atoms in total. The van der Waals surface area contributed by atoms with Crippen LogP contribution in [0.2, 0.25) is 0 Å². The number of tetrazole rings is 1. The molecule has 100 valence electrons. The lowest BCUT2D eigenvalue weighted by Crippen LogP contribution is -2.12. The van der Waals surface area contributed by atoms with E-state index in [2.05, 4.69) is 38.8 Å². The summed E-state index contributed by atoms with van der Waals surface area (Å²) in [6.45, 7) is 3.85. The minimum Gasteiger partial charge on any atom is -0.313 e. The molecule has 0 atom stereocenters. The van der Waals surface area contributed by atoms with Crippen LogP contribution < -0.4 is 5.32 Å². The molecule has 2 aromatic heterocycles. The van der Waals surface area contributed by atoms with Crippen LogP contribution in [-0.4, -0.2) is 31.7 Å². The predicted molar refractivity (Wildman–Crippen MR) is 71.8 cm³/mol. The zero-order valence-corrected chi connectivity index (χ0v) is 11.6. The van der Waals surface area contributed by atoms with Crippen molar-refractivity contribution >= 4 is 11.8 Å². The van der Waals surface area contributed by atoms with Crippen molar-refractivity contribution < 1.29 is 0 Å². The molecule has 0 bridgehead atoms. The van der Waals surface area contributed by atoms with Gasteiger partial charge in [0.2, 0.25) is 5.16 Å². The minimum absolute atomic E-state index is 0.485. The average molecular weight is 276 g/mol. The highest BCUT2D eigenvalue weighted by Crippen LogP contribution is 2.38. The number of nitrogens with one attached hydrogen (secondary N) is 1. The Morgan fingerprint density at radius 1 is 1.47 bits per heavy atom. The van der Waals surface area contributed by atoms with Gasteiger partial charge in [0.25, 0.3) is 0 Å². The number of hydrogen-bond donors (Lipinski definition) is 1. The van der Waals surface area contributed by atoms with E-state index in [1.54, 1.807) is 11.8 Å². The molecule has 1 N–H and O–H groups in total. The van der Waals surface area contributed by atoms with Crippen molar-refractivity contribution in [3.05, 3.63) is 23.9 Å². The number of pyridine rings is 1. The van der Waals surface area contributed by atoms with Crippen molar-refractivity contribution in [3.8, 4) is 0 Å². The Morgan fingerprint density at radius 2 is 2.37 bits per heavy atom. The molecule has 1 aliphatic rings. The molecule has 3 rings (SSSR count). The van der Waals surface area contributed by atoms with Crippen LogP contribution in [0.4, 0.5) is 0 Å². The Bertz CT molecular complexity index is 551. The molecule has 1 fully saturated rings. The van der Waals surface area contributed by atoms with Gasteiger partial charge in [-0.3, -0.25) is 0 Å². The number of rotatable bonds is 6. The number of hydrogen-bond acceptors (Lipinski definition) is 6. The Kier molecular flexibility index (Phi) is 3.74. The van der Waals surface area contributed by atoms with E-state index in [1.807, 2.05) is 16.9 Å². The highest BCUT2D eigenvalue weighted by atomic mass is 32.2. The van der Waals surface area contributed by atoms with Crippen LogP contribution in [0.3, 0.4) is 0 Å². The predicted octanol–water partition coefficient (Wildman–Crippen LogP) is 1.66. The first-order valence-electron chi connectivity index (χ1n) is 6.49. The molecule has 1 saturated carbocycles. The van der Waals surface area contributed by atoms with Gasteiger partial charge in [0.1, 0.15) is 5.03 Å². The third-order valence-corrected chi connectivity index (χ3v) is 3.97. The van der Waals surface area contributed by atoms with E-state index < -0.39 is 0 Å². The fourth-order valence-corrected chi connectivity index (χ4v) is 2.71. The first-order chi connectivity index (χ1) is 9.38. The largest absolute Gasteiger partial charge is 0.313 e. The first-order valence-corrected chi connectivity index (χ1v) is 7.30. The van der Waals surface area contributed by atoms with Crippen LogP contribution in [0.25, 0.3) is 0 Å². The molecule has 2 aromatic rings. The van der Waals surface area contributed by atoms with Gasteiger partial charge in [0.05, 0.1) is 6.04 Å². The Hall–Kier alpha value is -1.47. The van der Waals surface area contributed by atoms with E-state index in [1.165, 1.54) is 18.4 Å². The Morgan fingerprint density at radius 3 is 3.16 bits per heavy atom. The molecule has 0 radical (unpaired) electrons. The third-order valence-electron chi connectivity index (χ3n) is 2.96. The van der Waals surface area contributed by atoms with Crippen molar-refractivity contribution in [1.82, 2.24) is 30.5 Å². The summed E-state index contributed by atoms with van der Waals surface area (Å²) in [5.41, 5.74) is 1.18. The molecule has 7 heteroatoms. The summed E-state index contributed by atoms with van der Waals surface area (Å²) in [6, 6.07) is 4.53. The monoisotopic (exact) mass is 276 g/mol. The molecule has 0 aliphatic heterocycles. The second-order valence-electron chi connectivity index (χ2n) is 4.49. The van der Waals surface area contributed by atoms with Crippen LogP contribution in [0.5, 0.6) is 0 Å². The summed E-state index contributed by atoms with van der Waals surface area (Å²) in [5, 5.41) is 17.1. The van der Waals surface area contributed by atoms with Gasteiger partial charge < -0.3 is 5.32 Å². The van der Waals surface area contributed by atoms with Gasteiger partial charge in [0.15, 0.2) is 0 Å². The molecule has 19 heavy (non-hydrogen) atoms. The number of nitrogens with zero attached hydrogens (tertiary/aromatic N) is 5.